The molecule has 0 saturated heterocycles. The topological polar surface area (TPSA) is 111 Å². The van der Waals surface area contributed by atoms with Crippen molar-refractivity contribution in [1.29, 1.82) is 0 Å². The van der Waals surface area contributed by atoms with E-state index in [0.717, 1.165) is 25.3 Å². The highest BCUT2D eigenvalue weighted by Gasteiger charge is 2.19. The normalized spacial score (nSPS) is 12.0. The first-order valence-electron chi connectivity index (χ1n) is 7.66. The van der Waals surface area contributed by atoms with Crippen LogP contribution in [-0.4, -0.2) is 16.1 Å². The van der Waals surface area contributed by atoms with Crippen LogP contribution >= 0.6 is 0 Å². The van der Waals surface area contributed by atoms with E-state index in [-0.39, 0.29) is 23.0 Å². The van der Waals surface area contributed by atoms with E-state index in [4.69, 9.17) is 0 Å². The van der Waals surface area contributed by atoms with Gasteiger partial charge >= 0.3 is 5.69 Å². The van der Waals surface area contributed by atoms with Crippen molar-refractivity contribution in [3.05, 3.63) is 50.1 Å². The molecule has 1 aromatic carbocycles. The lowest BCUT2D eigenvalue weighted by Crippen LogP contribution is -2.01. The fourth-order valence-electron chi connectivity index (χ4n) is 2.02. The Morgan fingerprint density at radius 3 is 2.58 bits per heavy atom. The minimum Gasteiger partial charge on any atom is -0.272 e. The maximum Gasteiger partial charge on any atom is 0.301 e. The van der Waals surface area contributed by atoms with Crippen molar-refractivity contribution in [3.8, 4) is 0 Å². The lowest BCUT2D eigenvalue weighted by molar-refractivity contribution is -0.393. The number of hydrogen-bond acceptors (Lipinski definition) is 6. The van der Waals surface area contributed by atoms with Gasteiger partial charge in [-0.25, -0.2) is 0 Å². The second kappa shape index (κ2) is 9.39. The average Bonchev–Trinajstić information content (AvgIpc) is 2.51. The number of nitrogens with one attached hydrogen (secondary N) is 1. The van der Waals surface area contributed by atoms with Gasteiger partial charge in [0.05, 0.1) is 15.9 Å². The molecule has 0 aliphatic carbocycles. The van der Waals surface area contributed by atoms with Crippen LogP contribution in [0, 0.1) is 26.1 Å². The quantitative estimate of drug-likeness (QED) is 0.232. The van der Waals surface area contributed by atoms with Gasteiger partial charge in [0.1, 0.15) is 5.69 Å². The molecular weight excluding hydrogens is 312 g/mol. The Kier molecular flexibility index (Phi) is 7.54. The van der Waals surface area contributed by atoms with E-state index in [9.17, 15) is 20.2 Å². The number of nitrogens with zero attached hydrogens (tertiary/aromatic N) is 3. The molecule has 0 amide bonds. The average molecular weight is 334 g/mol. The molecule has 0 fully saturated rings. The fourth-order valence-corrected chi connectivity index (χ4v) is 2.02. The van der Waals surface area contributed by atoms with Gasteiger partial charge in [0.25, 0.3) is 5.69 Å². The number of benzene rings is 1. The van der Waals surface area contributed by atoms with Gasteiger partial charge in [-0.15, -0.1) is 0 Å². The minimum absolute atomic E-state index is 0.124. The molecule has 1 atom stereocenters. The molecule has 1 aromatic rings. The molecule has 8 nitrogen and oxygen atoms in total. The number of hydrogen-bond donors (Lipinski definition) is 1. The van der Waals surface area contributed by atoms with E-state index in [1.165, 1.54) is 17.7 Å². The summed E-state index contributed by atoms with van der Waals surface area (Å²) in [5.41, 5.74) is 3.31. The summed E-state index contributed by atoms with van der Waals surface area (Å²) in [6, 6.07) is 3.40. The highest BCUT2D eigenvalue weighted by atomic mass is 16.6. The molecule has 1 rings (SSSR count). The Labute approximate surface area is 140 Å². The number of hydrazone groups is 1. The Morgan fingerprint density at radius 1 is 1.29 bits per heavy atom. The summed E-state index contributed by atoms with van der Waals surface area (Å²) in [6.45, 7) is 6.13. The molecule has 0 aromatic heterocycles. The van der Waals surface area contributed by atoms with Crippen molar-refractivity contribution < 1.29 is 9.85 Å². The second-order valence-electron chi connectivity index (χ2n) is 5.80. The molecule has 24 heavy (non-hydrogen) atoms. The highest BCUT2D eigenvalue weighted by molar-refractivity contribution is 5.68. The van der Waals surface area contributed by atoms with E-state index >= 15 is 0 Å². The van der Waals surface area contributed by atoms with Gasteiger partial charge in [-0.05, 0) is 45.1 Å². The first kappa shape index (κ1) is 19.3. The van der Waals surface area contributed by atoms with Crippen molar-refractivity contribution >= 4 is 23.3 Å². The third-order valence-electron chi connectivity index (χ3n) is 3.32. The fraction of sp³-hybridized carbons (Fsp3) is 0.438. The monoisotopic (exact) mass is 334 g/mol. The maximum absolute atomic E-state index is 11.0. The van der Waals surface area contributed by atoms with Crippen LogP contribution in [0.25, 0.3) is 0 Å². The highest BCUT2D eigenvalue weighted by Crippen LogP contribution is 2.28. The molecule has 0 saturated carbocycles. The number of nitro benzene ring substituents is 2. The van der Waals surface area contributed by atoms with Crippen molar-refractivity contribution in [2.75, 3.05) is 5.43 Å². The van der Waals surface area contributed by atoms with Crippen molar-refractivity contribution in [2.45, 2.75) is 40.0 Å². The van der Waals surface area contributed by atoms with Crippen molar-refractivity contribution in [1.82, 2.24) is 0 Å². The van der Waals surface area contributed by atoms with E-state index < -0.39 is 9.85 Å². The van der Waals surface area contributed by atoms with Gasteiger partial charge in [0.2, 0.25) is 0 Å². The number of rotatable bonds is 9. The van der Waals surface area contributed by atoms with Crippen LogP contribution in [0.5, 0.6) is 0 Å². The Bertz CT molecular complexity index is 651. The zero-order valence-corrected chi connectivity index (χ0v) is 14.1. The molecule has 8 heteroatoms. The largest absolute Gasteiger partial charge is 0.301 e. The summed E-state index contributed by atoms with van der Waals surface area (Å²) >= 11 is 0. The lowest BCUT2D eigenvalue weighted by Gasteiger charge is -2.05. The maximum atomic E-state index is 11.0. The summed E-state index contributed by atoms with van der Waals surface area (Å²) in [5, 5.41) is 25.7. The first-order chi connectivity index (χ1) is 11.3. The summed E-state index contributed by atoms with van der Waals surface area (Å²) in [4.78, 5) is 20.4. The second-order valence-corrected chi connectivity index (χ2v) is 5.80. The summed E-state index contributed by atoms with van der Waals surface area (Å²) in [5.74, 6) is 0.222. The van der Waals surface area contributed by atoms with Crippen LogP contribution in [0.1, 0.15) is 40.0 Å². The molecule has 0 spiro atoms. The zero-order chi connectivity index (χ0) is 18.1. The molecule has 0 bridgehead atoms. The van der Waals surface area contributed by atoms with E-state index in [2.05, 4.69) is 30.5 Å². The number of nitro groups is 2. The number of non-ortho nitro benzene ring substituents is 1. The van der Waals surface area contributed by atoms with Gasteiger partial charge in [0.15, 0.2) is 0 Å². The smallest absolute Gasteiger partial charge is 0.272 e. The van der Waals surface area contributed by atoms with Crippen molar-refractivity contribution in [2.24, 2.45) is 11.0 Å². The van der Waals surface area contributed by atoms with Crippen LogP contribution < -0.4 is 5.43 Å². The molecule has 1 unspecified atom stereocenters. The molecule has 0 heterocycles. The van der Waals surface area contributed by atoms with E-state index in [1.807, 2.05) is 6.92 Å². The first-order valence-corrected chi connectivity index (χ1v) is 7.66. The summed E-state index contributed by atoms with van der Waals surface area (Å²) < 4.78 is 0. The molecule has 0 radical (unpaired) electrons. The number of allylic oxidation sites excluding steroid dienone is 2. The SMILES string of the molecule is CC(C)=CCCCC(C)/C=N/Nc1ccc([N+](=O)[O-])cc1[N+](=O)[O-]. The van der Waals surface area contributed by atoms with Crippen LogP contribution in [0.2, 0.25) is 0 Å². The van der Waals surface area contributed by atoms with Gasteiger partial charge in [-0.1, -0.05) is 18.6 Å². The molecule has 130 valence electrons. The van der Waals surface area contributed by atoms with Gasteiger partial charge < -0.3 is 0 Å². The predicted octanol–water partition coefficient (Wildman–Crippen LogP) is 4.67. The Morgan fingerprint density at radius 2 is 2.00 bits per heavy atom. The molecule has 0 aliphatic rings. The van der Waals surface area contributed by atoms with E-state index in [0.29, 0.717) is 0 Å². The van der Waals surface area contributed by atoms with Gasteiger partial charge in [-0.2, -0.15) is 5.10 Å². The summed E-state index contributed by atoms with van der Waals surface area (Å²) in [6.07, 6.45) is 6.88. The minimum atomic E-state index is -0.673. The van der Waals surface area contributed by atoms with Gasteiger partial charge in [-0.3, -0.25) is 25.7 Å². The van der Waals surface area contributed by atoms with Gasteiger partial charge in [0, 0.05) is 12.3 Å². The molecule has 1 N–H and O–H groups in total. The Hall–Kier alpha value is -2.77. The van der Waals surface area contributed by atoms with E-state index in [1.54, 1.807) is 6.21 Å². The lowest BCUT2D eigenvalue weighted by atomic mass is 10.1. The predicted molar refractivity (Wildman–Crippen MR) is 94.3 cm³/mol. The third-order valence-corrected chi connectivity index (χ3v) is 3.32. The molecular formula is C16H22N4O4. The number of unbranched alkanes of at least 4 members (excludes halogenated alkanes) is 1. The molecule has 0 aliphatic heterocycles. The Balaban J connectivity index is 2.64. The van der Waals surface area contributed by atoms with Crippen LogP contribution in [0.3, 0.4) is 0 Å². The van der Waals surface area contributed by atoms with Crippen molar-refractivity contribution in [3.63, 3.8) is 0 Å². The third kappa shape index (κ3) is 6.55. The zero-order valence-electron chi connectivity index (χ0n) is 14.1. The number of anilines is 1. The standard InChI is InChI=1S/C16H22N4O4/c1-12(2)6-4-5-7-13(3)11-17-18-15-9-8-14(19(21)22)10-16(15)20(23)24/h6,8-11,13,18H,4-5,7H2,1-3H3/b17-11+. The van der Waals surface area contributed by atoms with Crippen LogP contribution in [0.15, 0.2) is 34.9 Å². The van der Waals surface area contributed by atoms with Crippen LogP contribution in [0.4, 0.5) is 17.1 Å². The van der Waals surface area contributed by atoms with Crippen LogP contribution in [-0.2, 0) is 0 Å². The summed E-state index contributed by atoms with van der Waals surface area (Å²) in [7, 11) is 0.